The molecule has 0 N–H and O–H groups in total. The van der Waals surface area contributed by atoms with Crippen LogP contribution in [0.4, 0.5) is 0 Å². The van der Waals surface area contributed by atoms with Crippen molar-refractivity contribution in [3.8, 4) is 0 Å². The van der Waals surface area contributed by atoms with E-state index in [0.29, 0.717) is 5.41 Å². The van der Waals surface area contributed by atoms with E-state index >= 15 is 0 Å². The standard InChI is InChI=1S/C8H18.C7H16/c1-5-8(4,6-2)7-3;1-4-7(5-2)6-3/h5-7H2,1-4H3;7H,4-6H2,1-3H3. The van der Waals surface area contributed by atoms with E-state index in [1.165, 1.54) is 38.5 Å². The summed E-state index contributed by atoms with van der Waals surface area (Å²) < 4.78 is 0. The minimum Gasteiger partial charge on any atom is -0.0651 e. The summed E-state index contributed by atoms with van der Waals surface area (Å²) in [6, 6.07) is 0. The smallest absolute Gasteiger partial charge is 0.0334 e. The van der Waals surface area contributed by atoms with Crippen molar-refractivity contribution in [2.45, 2.75) is 87.0 Å². The van der Waals surface area contributed by atoms with E-state index in [-0.39, 0.29) is 0 Å². The summed E-state index contributed by atoms with van der Waals surface area (Å²) in [5, 5.41) is 0. The van der Waals surface area contributed by atoms with Gasteiger partial charge in [-0.3, -0.25) is 0 Å². The van der Waals surface area contributed by atoms with Crippen molar-refractivity contribution in [2.24, 2.45) is 11.3 Å². The van der Waals surface area contributed by atoms with Gasteiger partial charge >= 0.3 is 0 Å². The summed E-state index contributed by atoms with van der Waals surface area (Å²) in [5.74, 6) is 0.986. The summed E-state index contributed by atoms with van der Waals surface area (Å²) in [5.41, 5.74) is 0.625. The van der Waals surface area contributed by atoms with Crippen LogP contribution in [0.15, 0.2) is 0 Å². The molecule has 0 fully saturated rings. The molecule has 0 amide bonds. The molecule has 0 heteroatoms. The van der Waals surface area contributed by atoms with Crippen LogP contribution in [0.2, 0.25) is 0 Å². The SMILES string of the molecule is CCC(C)(CC)CC.CCC(CC)CC. The number of hydrogen-bond acceptors (Lipinski definition) is 0. The lowest BCUT2D eigenvalue weighted by atomic mass is 9.82. The van der Waals surface area contributed by atoms with Crippen LogP contribution in [-0.2, 0) is 0 Å². The second-order valence-corrected chi connectivity index (χ2v) is 4.96. The summed E-state index contributed by atoms with van der Waals surface area (Å²) >= 11 is 0. The van der Waals surface area contributed by atoms with Crippen molar-refractivity contribution < 1.29 is 0 Å². The molecule has 0 heterocycles. The van der Waals surface area contributed by atoms with E-state index in [9.17, 15) is 0 Å². The van der Waals surface area contributed by atoms with Crippen LogP contribution in [0, 0.1) is 11.3 Å². The maximum Gasteiger partial charge on any atom is -0.0334 e. The zero-order chi connectivity index (χ0) is 12.3. The van der Waals surface area contributed by atoms with Crippen LogP contribution < -0.4 is 0 Å². The maximum atomic E-state index is 2.35. The van der Waals surface area contributed by atoms with Crippen LogP contribution in [0.5, 0.6) is 0 Å². The Morgan fingerprint density at radius 2 is 0.933 bits per heavy atom. The molecular weight excluding hydrogens is 180 g/mol. The van der Waals surface area contributed by atoms with Crippen molar-refractivity contribution in [3.63, 3.8) is 0 Å². The Bertz CT molecular complexity index is 93.4. The third-order valence-corrected chi connectivity index (χ3v) is 4.29. The lowest BCUT2D eigenvalue weighted by Gasteiger charge is -2.23. The molecule has 0 atom stereocenters. The largest absolute Gasteiger partial charge is 0.0651 e. The van der Waals surface area contributed by atoms with E-state index in [2.05, 4.69) is 48.5 Å². The first-order chi connectivity index (χ1) is 7.03. The van der Waals surface area contributed by atoms with Crippen LogP contribution >= 0.6 is 0 Å². The second-order valence-electron chi connectivity index (χ2n) is 4.96. The van der Waals surface area contributed by atoms with Crippen molar-refractivity contribution in [2.75, 3.05) is 0 Å². The van der Waals surface area contributed by atoms with Gasteiger partial charge in [-0.15, -0.1) is 0 Å². The summed E-state index contributed by atoms with van der Waals surface area (Å²) in [6.07, 6.45) is 8.02. The zero-order valence-electron chi connectivity index (χ0n) is 12.3. The predicted molar refractivity (Wildman–Crippen MR) is 73.3 cm³/mol. The number of rotatable bonds is 6. The van der Waals surface area contributed by atoms with Crippen molar-refractivity contribution in [1.29, 1.82) is 0 Å². The Kier molecular flexibility index (Phi) is 12.2. The van der Waals surface area contributed by atoms with E-state index in [1.807, 2.05) is 0 Å². The molecule has 0 aromatic carbocycles. The van der Waals surface area contributed by atoms with Crippen LogP contribution in [0.1, 0.15) is 87.0 Å². The van der Waals surface area contributed by atoms with E-state index in [0.717, 1.165) is 5.92 Å². The van der Waals surface area contributed by atoms with Gasteiger partial charge in [-0.25, -0.2) is 0 Å². The highest BCUT2D eigenvalue weighted by Gasteiger charge is 2.15. The molecule has 0 saturated heterocycles. The highest BCUT2D eigenvalue weighted by molar-refractivity contribution is 4.67. The fourth-order valence-corrected chi connectivity index (χ4v) is 1.62. The normalized spacial score (nSPS) is 11.2. The molecule has 0 aromatic heterocycles. The first kappa shape index (κ1) is 17.4. The Hall–Kier alpha value is 0. The predicted octanol–water partition coefficient (Wildman–Crippen LogP) is 6.06. The van der Waals surface area contributed by atoms with Crippen molar-refractivity contribution >= 4 is 0 Å². The minimum atomic E-state index is 0.625. The fourth-order valence-electron chi connectivity index (χ4n) is 1.62. The van der Waals surface area contributed by atoms with Gasteiger partial charge in [0.2, 0.25) is 0 Å². The molecule has 0 aliphatic heterocycles. The molecule has 0 aliphatic rings. The molecule has 0 unspecified atom stereocenters. The lowest BCUT2D eigenvalue weighted by Crippen LogP contribution is -2.10. The van der Waals surface area contributed by atoms with Gasteiger partial charge in [0, 0.05) is 0 Å². The highest BCUT2D eigenvalue weighted by atomic mass is 14.2. The first-order valence-corrected chi connectivity index (χ1v) is 7.03. The molecule has 0 radical (unpaired) electrons. The van der Waals surface area contributed by atoms with Crippen LogP contribution in [0.25, 0.3) is 0 Å². The Morgan fingerprint density at radius 3 is 0.933 bits per heavy atom. The van der Waals surface area contributed by atoms with Gasteiger partial charge in [-0.1, -0.05) is 87.0 Å². The van der Waals surface area contributed by atoms with Crippen LogP contribution in [0.3, 0.4) is 0 Å². The van der Waals surface area contributed by atoms with Gasteiger partial charge in [0.05, 0.1) is 0 Å². The summed E-state index contributed by atoms with van der Waals surface area (Å²) in [7, 11) is 0. The minimum absolute atomic E-state index is 0.625. The first-order valence-electron chi connectivity index (χ1n) is 7.03. The number of hydrogen-bond donors (Lipinski definition) is 0. The van der Waals surface area contributed by atoms with E-state index in [4.69, 9.17) is 0 Å². The highest BCUT2D eigenvalue weighted by Crippen LogP contribution is 2.28. The molecule has 0 aliphatic carbocycles. The Morgan fingerprint density at radius 1 is 0.667 bits per heavy atom. The van der Waals surface area contributed by atoms with Gasteiger partial charge in [0.25, 0.3) is 0 Å². The average Bonchev–Trinajstić information content (AvgIpc) is 2.31. The molecule has 15 heavy (non-hydrogen) atoms. The summed E-state index contributed by atoms with van der Waals surface area (Å²) in [4.78, 5) is 0. The monoisotopic (exact) mass is 214 g/mol. The molecule has 0 saturated carbocycles. The van der Waals surface area contributed by atoms with E-state index in [1.54, 1.807) is 0 Å². The third kappa shape index (κ3) is 8.96. The van der Waals surface area contributed by atoms with Crippen molar-refractivity contribution in [3.05, 3.63) is 0 Å². The molecule has 0 rings (SSSR count). The maximum absolute atomic E-state index is 2.35. The third-order valence-electron chi connectivity index (χ3n) is 4.29. The molecular formula is C15H34. The van der Waals surface area contributed by atoms with Gasteiger partial charge in [-0.05, 0) is 11.3 Å². The Labute approximate surface area is 98.9 Å². The molecule has 0 bridgehead atoms. The quantitative estimate of drug-likeness (QED) is 0.504. The van der Waals surface area contributed by atoms with Gasteiger partial charge < -0.3 is 0 Å². The molecule has 0 nitrogen and oxygen atoms in total. The topological polar surface area (TPSA) is 0 Å². The fraction of sp³-hybridized carbons (Fsp3) is 1.00. The van der Waals surface area contributed by atoms with Gasteiger partial charge in [-0.2, -0.15) is 0 Å². The van der Waals surface area contributed by atoms with E-state index < -0.39 is 0 Å². The van der Waals surface area contributed by atoms with Crippen LogP contribution in [-0.4, -0.2) is 0 Å². The summed E-state index contributed by atoms with van der Waals surface area (Å²) in [6.45, 7) is 16.0. The second kappa shape index (κ2) is 10.5. The Balaban J connectivity index is 0. The molecule has 0 spiro atoms. The molecule has 0 aromatic rings. The lowest BCUT2D eigenvalue weighted by molar-refractivity contribution is 0.286. The molecule has 94 valence electrons. The van der Waals surface area contributed by atoms with Gasteiger partial charge in [0.15, 0.2) is 0 Å². The zero-order valence-corrected chi connectivity index (χ0v) is 12.3. The van der Waals surface area contributed by atoms with Gasteiger partial charge in [0.1, 0.15) is 0 Å². The average molecular weight is 214 g/mol. The van der Waals surface area contributed by atoms with Crippen molar-refractivity contribution in [1.82, 2.24) is 0 Å².